The van der Waals surface area contributed by atoms with Gasteiger partial charge in [-0.2, -0.15) is 0 Å². The maximum Gasteiger partial charge on any atom is 0.260 e. The molecule has 1 aromatic heterocycles. The number of carbonyl (C=O) groups is 1. The molecule has 0 saturated carbocycles. The Morgan fingerprint density at radius 1 is 1.42 bits per heavy atom. The molecule has 5 heteroatoms. The van der Waals surface area contributed by atoms with Gasteiger partial charge in [-0.25, -0.2) is 0 Å². The quantitative estimate of drug-likeness (QED) is 0.873. The van der Waals surface area contributed by atoms with E-state index in [1.165, 1.54) is 4.90 Å². The molecule has 2 aromatic rings. The van der Waals surface area contributed by atoms with Gasteiger partial charge in [-0.05, 0) is 24.3 Å². The number of fused-ring (bicyclic) bond motifs is 1. The van der Waals surface area contributed by atoms with Crippen LogP contribution in [0.1, 0.15) is 0 Å². The van der Waals surface area contributed by atoms with Crippen LogP contribution in [-0.4, -0.2) is 47.7 Å². The van der Waals surface area contributed by atoms with Crippen molar-refractivity contribution in [2.75, 3.05) is 26.8 Å². The lowest BCUT2D eigenvalue weighted by Gasteiger charge is -2.16. The highest BCUT2D eigenvalue weighted by molar-refractivity contribution is 5.80. The van der Waals surface area contributed by atoms with E-state index in [4.69, 9.17) is 9.84 Å². The molecule has 0 bridgehead atoms. The molecule has 1 amide bonds. The van der Waals surface area contributed by atoms with E-state index in [-0.39, 0.29) is 19.1 Å². The van der Waals surface area contributed by atoms with Gasteiger partial charge in [0.1, 0.15) is 5.75 Å². The fraction of sp³-hybridized carbons (Fsp3) is 0.286. The van der Waals surface area contributed by atoms with Crippen molar-refractivity contribution < 1.29 is 14.6 Å². The average Bonchev–Trinajstić information content (AvgIpc) is 2.44. The molecular weight excluding hydrogens is 244 g/mol. The Balaban J connectivity index is 2.00. The SMILES string of the molecule is CN(CCO)C(=O)COc1ccc2ncccc2c1. The van der Waals surface area contributed by atoms with E-state index in [9.17, 15) is 4.79 Å². The van der Waals surface area contributed by atoms with Crippen LogP contribution in [0.15, 0.2) is 36.5 Å². The second-order valence-electron chi connectivity index (χ2n) is 4.19. The van der Waals surface area contributed by atoms with Crippen LogP contribution in [0.2, 0.25) is 0 Å². The summed E-state index contributed by atoms with van der Waals surface area (Å²) in [6, 6.07) is 9.28. The van der Waals surface area contributed by atoms with Gasteiger partial charge in [0.25, 0.3) is 5.91 Å². The van der Waals surface area contributed by atoms with Crippen LogP contribution in [0, 0.1) is 0 Å². The Morgan fingerprint density at radius 3 is 3.05 bits per heavy atom. The number of aliphatic hydroxyl groups is 1. The van der Waals surface area contributed by atoms with E-state index >= 15 is 0 Å². The van der Waals surface area contributed by atoms with Gasteiger partial charge in [0.05, 0.1) is 12.1 Å². The first-order valence-corrected chi connectivity index (χ1v) is 6.03. The fourth-order valence-corrected chi connectivity index (χ4v) is 1.67. The van der Waals surface area contributed by atoms with Crippen LogP contribution in [0.25, 0.3) is 10.9 Å². The number of nitrogens with zero attached hydrogens (tertiary/aromatic N) is 2. The standard InChI is InChI=1S/C14H16N2O3/c1-16(7-8-17)14(18)10-19-12-4-5-13-11(9-12)3-2-6-15-13/h2-6,9,17H,7-8,10H2,1H3. The first kappa shape index (κ1) is 13.3. The van der Waals surface area contributed by atoms with Crippen molar-refractivity contribution in [1.82, 2.24) is 9.88 Å². The third-order valence-electron chi connectivity index (χ3n) is 2.80. The van der Waals surface area contributed by atoms with Gasteiger partial charge in [-0.15, -0.1) is 0 Å². The molecule has 0 aliphatic carbocycles. The summed E-state index contributed by atoms with van der Waals surface area (Å²) in [5.41, 5.74) is 0.888. The maximum absolute atomic E-state index is 11.6. The number of rotatable bonds is 5. The monoisotopic (exact) mass is 260 g/mol. The molecule has 100 valence electrons. The number of carbonyl (C=O) groups excluding carboxylic acids is 1. The summed E-state index contributed by atoms with van der Waals surface area (Å²) in [5, 5.41) is 9.72. The number of likely N-dealkylation sites (N-methyl/N-ethyl adjacent to an activating group) is 1. The van der Waals surface area contributed by atoms with Crippen molar-refractivity contribution in [3.63, 3.8) is 0 Å². The molecule has 0 saturated heterocycles. The summed E-state index contributed by atoms with van der Waals surface area (Å²) in [5.74, 6) is 0.464. The molecule has 0 fully saturated rings. The minimum Gasteiger partial charge on any atom is -0.484 e. The summed E-state index contributed by atoms with van der Waals surface area (Å²) < 4.78 is 5.44. The molecule has 0 radical (unpaired) electrons. The lowest BCUT2D eigenvalue weighted by molar-refractivity contribution is -0.132. The summed E-state index contributed by atoms with van der Waals surface area (Å²) in [6.45, 7) is 0.218. The van der Waals surface area contributed by atoms with Gasteiger partial charge in [-0.1, -0.05) is 6.07 Å². The molecule has 5 nitrogen and oxygen atoms in total. The average molecular weight is 260 g/mol. The molecule has 0 spiro atoms. The largest absolute Gasteiger partial charge is 0.484 e. The first-order valence-electron chi connectivity index (χ1n) is 6.03. The highest BCUT2D eigenvalue weighted by atomic mass is 16.5. The first-order chi connectivity index (χ1) is 9.20. The topological polar surface area (TPSA) is 62.7 Å². The zero-order valence-corrected chi connectivity index (χ0v) is 10.7. The summed E-state index contributed by atoms with van der Waals surface area (Å²) >= 11 is 0. The van der Waals surface area contributed by atoms with Crippen LogP contribution in [0.3, 0.4) is 0 Å². The number of aliphatic hydroxyl groups excluding tert-OH is 1. The number of amides is 1. The summed E-state index contributed by atoms with van der Waals surface area (Å²) in [7, 11) is 1.63. The van der Waals surface area contributed by atoms with E-state index in [1.54, 1.807) is 19.3 Å². The Bertz CT molecular complexity index is 571. The lowest BCUT2D eigenvalue weighted by Crippen LogP contribution is -2.33. The molecule has 0 unspecified atom stereocenters. The maximum atomic E-state index is 11.6. The molecule has 0 aliphatic rings. The van der Waals surface area contributed by atoms with Crippen molar-refractivity contribution in [1.29, 1.82) is 0 Å². The van der Waals surface area contributed by atoms with E-state index < -0.39 is 0 Å². The second-order valence-corrected chi connectivity index (χ2v) is 4.19. The molecule has 2 rings (SSSR count). The number of ether oxygens (including phenoxy) is 1. The van der Waals surface area contributed by atoms with E-state index in [0.29, 0.717) is 12.3 Å². The van der Waals surface area contributed by atoms with Crippen LogP contribution >= 0.6 is 0 Å². The van der Waals surface area contributed by atoms with E-state index in [0.717, 1.165) is 10.9 Å². The number of aromatic nitrogens is 1. The summed E-state index contributed by atoms with van der Waals surface area (Å²) in [4.78, 5) is 17.3. The lowest BCUT2D eigenvalue weighted by atomic mass is 10.2. The minimum atomic E-state index is -0.166. The van der Waals surface area contributed by atoms with Crippen molar-refractivity contribution in [3.05, 3.63) is 36.5 Å². The molecular formula is C14H16N2O3. The van der Waals surface area contributed by atoms with Crippen molar-refractivity contribution in [2.45, 2.75) is 0 Å². The van der Waals surface area contributed by atoms with Gasteiger partial charge >= 0.3 is 0 Å². The van der Waals surface area contributed by atoms with Crippen molar-refractivity contribution in [2.24, 2.45) is 0 Å². The highest BCUT2D eigenvalue weighted by Gasteiger charge is 2.08. The summed E-state index contributed by atoms with van der Waals surface area (Å²) in [6.07, 6.45) is 1.73. The zero-order valence-electron chi connectivity index (χ0n) is 10.7. The van der Waals surface area contributed by atoms with Gasteiger partial charge in [0.2, 0.25) is 0 Å². The highest BCUT2D eigenvalue weighted by Crippen LogP contribution is 2.18. The smallest absolute Gasteiger partial charge is 0.260 e. The van der Waals surface area contributed by atoms with Crippen LogP contribution in [-0.2, 0) is 4.79 Å². The van der Waals surface area contributed by atoms with Crippen molar-refractivity contribution >= 4 is 16.8 Å². The number of pyridine rings is 1. The molecule has 1 N–H and O–H groups in total. The van der Waals surface area contributed by atoms with Crippen LogP contribution < -0.4 is 4.74 Å². The third-order valence-corrected chi connectivity index (χ3v) is 2.80. The molecule has 0 atom stereocenters. The number of hydrogen-bond donors (Lipinski definition) is 1. The molecule has 0 aliphatic heterocycles. The van der Waals surface area contributed by atoms with Crippen LogP contribution in [0.4, 0.5) is 0 Å². The van der Waals surface area contributed by atoms with Crippen LogP contribution in [0.5, 0.6) is 5.75 Å². The molecule has 19 heavy (non-hydrogen) atoms. The van der Waals surface area contributed by atoms with E-state index in [1.807, 2.05) is 24.3 Å². The Hall–Kier alpha value is -2.14. The predicted octanol–water partition coefficient (Wildman–Crippen LogP) is 1.06. The van der Waals surface area contributed by atoms with Gasteiger partial charge in [0.15, 0.2) is 6.61 Å². The Labute approximate surface area is 111 Å². The zero-order chi connectivity index (χ0) is 13.7. The van der Waals surface area contributed by atoms with E-state index in [2.05, 4.69) is 4.98 Å². The number of benzene rings is 1. The normalized spacial score (nSPS) is 10.4. The second kappa shape index (κ2) is 6.15. The minimum absolute atomic E-state index is 0.0394. The predicted molar refractivity (Wildman–Crippen MR) is 72.0 cm³/mol. The molecule has 1 aromatic carbocycles. The number of hydrogen-bond acceptors (Lipinski definition) is 4. The van der Waals surface area contributed by atoms with Gasteiger partial charge in [0, 0.05) is 25.2 Å². The van der Waals surface area contributed by atoms with Gasteiger partial charge in [-0.3, -0.25) is 9.78 Å². The third kappa shape index (κ3) is 3.42. The van der Waals surface area contributed by atoms with Gasteiger partial charge < -0.3 is 14.7 Å². The Morgan fingerprint density at radius 2 is 2.26 bits per heavy atom. The molecule has 1 heterocycles. The van der Waals surface area contributed by atoms with Crippen molar-refractivity contribution in [3.8, 4) is 5.75 Å². The Kier molecular flexibility index (Phi) is 4.30. The fourth-order valence-electron chi connectivity index (χ4n) is 1.67.